The summed E-state index contributed by atoms with van der Waals surface area (Å²) < 4.78 is 13.2. The van der Waals surface area contributed by atoms with Gasteiger partial charge in [-0.2, -0.15) is 0 Å². The predicted molar refractivity (Wildman–Crippen MR) is 87.7 cm³/mol. The van der Waals surface area contributed by atoms with Crippen LogP contribution in [0.3, 0.4) is 0 Å². The van der Waals surface area contributed by atoms with E-state index in [2.05, 4.69) is 5.32 Å². The molecule has 0 heterocycles. The number of benzene rings is 2. The first-order valence-electron chi connectivity index (χ1n) is 6.95. The van der Waals surface area contributed by atoms with Crippen molar-refractivity contribution in [2.24, 2.45) is 0 Å². The van der Waals surface area contributed by atoms with Crippen molar-refractivity contribution in [1.29, 1.82) is 0 Å². The van der Waals surface area contributed by atoms with E-state index in [4.69, 9.17) is 23.2 Å². The summed E-state index contributed by atoms with van der Waals surface area (Å²) in [5.74, 6) is -0.216. The summed E-state index contributed by atoms with van der Waals surface area (Å²) in [6.45, 7) is 4.75. The lowest BCUT2D eigenvalue weighted by Gasteiger charge is -2.22. The van der Waals surface area contributed by atoms with Gasteiger partial charge in [-0.1, -0.05) is 42.3 Å². The van der Waals surface area contributed by atoms with Gasteiger partial charge in [-0.15, -0.1) is 0 Å². The van der Waals surface area contributed by atoms with Gasteiger partial charge in [0.1, 0.15) is 5.82 Å². The quantitative estimate of drug-likeness (QED) is 0.782. The van der Waals surface area contributed by atoms with Crippen LogP contribution in [0, 0.1) is 12.7 Å². The molecule has 0 spiro atoms. The van der Waals surface area contributed by atoms with Crippen LogP contribution in [-0.2, 0) is 6.42 Å². The van der Waals surface area contributed by atoms with Crippen LogP contribution in [0.2, 0.25) is 10.0 Å². The molecule has 2 rings (SSSR count). The molecule has 112 valence electrons. The number of halogens is 3. The van der Waals surface area contributed by atoms with E-state index in [1.165, 1.54) is 6.07 Å². The lowest BCUT2D eigenvalue weighted by Crippen LogP contribution is -2.24. The highest BCUT2D eigenvalue weighted by molar-refractivity contribution is 6.36. The number of rotatable bonds is 5. The van der Waals surface area contributed by atoms with E-state index in [9.17, 15) is 4.39 Å². The molecule has 1 nitrogen and oxygen atoms in total. The minimum atomic E-state index is -0.216. The van der Waals surface area contributed by atoms with Crippen LogP contribution in [0.15, 0.2) is 36.4 Å². The van der Waals surface area contributed by atoms with Crippen molar-refractivity contribution in [3.05, 3.63) is 69.0 Å². The molecule has 4 heteroatoms. The number of hydrogen-bond donors (Lipinski definition) is 1. The monoisotopic (exact) mass is 325 g/mol. The van der Waals surface area contributed by atoms with Crippen LogP contribution in [0.1, 0.15) is 29.7 Å². The zero-order chi connectivity index (χ0) is 15.4. The van der Waals surface area contributed by atoms with Crippen molar-refractivity contribution < 1.29 is 4.39 Å². The number of nitrogens with one attached hydrogen (secondary N) is 1. The summed E-state index contributed by atoms with van der Waals surface area (Å²) in [6, 6.07) is 10.4. The summed E-state index contributed by atoms with van der Waals surface area (Å²) in [5.41, 5.74) is 2.91. The highest BCUT2D eigenvalue weighted by Gasteiger charge is 2.18. The first kappa shape index (κ1) is 16.3. The molecular weight excluding hydrogens is 308 g/mol. The minimum Gasteiger partial charge on any atom is -0.310 e. The fourth-order valence-corrected chi connectivity index (χ4v) is 3.14. The molecule has 0 amide bonds. The van der Waals surface area contributed by atoms with Crippen molar-refractivity contribution in [3.63, 3.8) is 0 Å². The zero-order valence-electron chi connectivity index (χ0n) is 12.1. The Morgan fingerprint density at radius 2 is 1.81 bits per heavy atom. The maximum atomic E-state index is 13.2. The molecule has 0 radical (unpaired) electrons. The van der Waals surface area contributed by atoms with Crippen LogP contribution in [-0.4, -0.2) is 6.54 Å². The van der Waals surface area contributed by atoms with Gasteiger partial charge < -0.3 is 5.32 Å². The van der Waals surface area contributed by atoms with Crippen molar-refractivity contribution in [2.75, 3.05) is 6.54 Å². The molecule has 2 aromatic rings. The summed E-state index contributed by atoms with van der Waals surface area (Å²) in [4.78, 5) is 0. The maximum absolute atomic E-state index is 13.2. The van der Waals surface area contributed by atoms with Gasteiger partial charge in [-0.25, -0.2) is 4.39 Å². The fraction of sp³-hybridized carbons (Fsp3) is 0.294. The highest BCUT2D eigenvalue weighted by atomic mass is 35.5. The molecule has 1 atom stereocenters. The van der Waals surface area contributed by atoms with Crippen LogP contribution >= 0.6 is 23.2 Å². The largest absolute Gasteiger partial charge is 0.310 e. The first-order valence-corrected chi connectivity index (χ1v) is 7.70. The third-order valence-corrected chi connectivity index (χ3v) is 4.19. The van der Waals surface area contributed by atoms with Crippen molar-refractivity contribution >= 4 is 23.2 Å². The molecule has 0 aliphatic rings. The fourth-order valence-electron chi connectivity index (χ4n) is 2.47. The number of likely N-dealkylation sites (N-methyl/N-ethyl adjacent to an activating group) is 1. The van der Waals surface area contributed by atoms with Crippen molar-refractivity contribution in [2.45, 2.75) is 26.3 Å². The normalized spacial score (nSPS) is 12.4. The van der Waals surface area contributed by atoms with Gasteiger partial charge in [0.15, 0.2) is 0 Å². The summed E-state index contributed by atoms with van der Waals surface area (Å²) in [7, 11) is 0. The van der Waals surface area contributed by atoms with E-state index >= 15 is 0 Å². The molecule has 0 fully saturated rings. The summed E-state index contributed by atoms with van der Waals surface area (Å²) >= 11 is 12.6. The molecule has 0 saturated heterocycles. The third kappa shape index (κ3) is 3.97. The van der Waals surface area contributed by atoms with Gasteiger partial charge in [-0.05, 0) is 55.3 Å². The smallest absolute Gasteiger partial charge is 0.123 e. The SMILES string of the molecule is CCNC(Cc1ccc(F)cc1C)c1c(Cl)cccc1Cl. The number of hydrogen-bond acceptors (Lipinski definition) is 1. The molecule has 1 N–H and O–H groups in total. The van der Waals surface area contributed by atoms with E-state index in [0.29, 0.717) is 16.5 Å². The van der Waals surface area contributed by atoms with E-state index in [0.717, 1.165) is 23.2 Å². The zero-order valence-corrected chi connectivity index (χ0v) is 13.6. The lowest BCUT2D eigenvalue weighted by molar-refractivity contribution is 0.547. The summed E-state index contributed by atoms with van der Waals surface area (Å²) in [6.07, 6.45) is 0.712. The van der Waals surface area contributed by atoms with Gasteiger partial charge in [0.2, 0.25) is 0 Å². The average Bonchev–Trinajstić information content (AvgIpc) is 2.41. The second-order valence-corrected chi connectivity index (χ2v) is 5.83. The molecule has 0 bridgehead atoms. The van der Waals surface area contributed by atoms with Gasteiger partial charge in [0, 0.05) is 21.7 Å². The Hall–Kier alpha value is -1.09. The Bertz CT molecular complexity index is 608. The van der Waals surface area contributed by atoms with Crippen LogP contribution < -0.4 is 5.32 Å². The molecule has 0 saturated carbocycles. The van der Waals surface area contributed by atoms with Crippen molar-refractivity contribution in [1.82, 2.24) is 5.32 Å². The average molecular weight is 326 g/mol. The standard InChI is InChI=1S/C17H18Cl2FN/c1-3-21-16(17-14(18)5-4-6-15(17)19)10-12-7-8-13(20)9-11(12)2/h4-9,16,21H,3,10H2,1-2H3. The molecule has 0 aliphatic heterocycles. The van der Waals surface area contributed by atoms with Crippen LogP contribution in [0.4, 0.5) is 4.39 Å². The van der Waals surface area contributed by atoms with Gasteiger partial charge in [0.05, 0.1) is 0 Å². The van der Waals surface area contributed by atoms with Crippen LogP contribution in [0.25, 0.3) is 0 Å². The van der Waals surface area contributed by atoms with Crippen LogP contribution in [0.5, 0.6) is 0 Å². The second kappa shape index (κ2) is 7.26. The molecule has 21 heavy (non-hydrogen) atoms. The Morgan fingerprint density at radius 1 is 1.14 bits per heavy atom. The van der Waals surface area contributed by atoms with Gasteiger partial charge >= 0.3 is 0 Å². The lowest BCUT2D eigenvalue weighted by atomic mass is 9.96. The first-order chi connectivity index (χ1) is 10.0. The van der Waals surface area contributed by atoms with Gasteiger partial charge in [0.25, 0.3) is 0 Å². The van der Waals surface area contributed by atoms with E-state index < -0.39 is 0 Å². The van der Waals surface area contributed by atoms with E-state index in [1.807, 2.05) is 38.1 Å². The van der Waals surface area contributed by atoms with Gasteiger partial charge in [-0.3, -0.25) is 0 Å². The minimum absolute atomic E-state index is 0.000334. The molecule has 0 aliphatic carbocycles. The van der Waals surface area contributed by atoms with E-state index in [1.54, 1.807) is 6.07 Å². The summed E-state index contributed by atoms with van der Waals surface area (Å²) in [5, 5.41) is 4.70. The Kier molecular flexibility index (Phi) is 5.63. The third-order valence-electron chi connectivity index (χ3n) is 3.53. The number of aryl methyl sites for hydroxylation is 1. The maximum Gasteiger partial charge on any atom is 0.123 e. The topological polar surface area (TPSA) is 12.0 Å². The predicted octanol–water partition coefficient (Wildman–Crippen LogP) is 5.33. The molecular formula is C17H18Cl2FN. The van der Waals surface area contributed by atoms with Crippen molar-refractivity contribution in [3.8, 4) is 0 Å². The molecule has 0 aromatic heterocycles. The Balaban J connectivity index is 2.35. The highest BCUT2D eigenvalue weighted by Crippen LogP contribution is 2.32. The second-order valence-electron chi connectivity index (χ2n) is 5.02. The molecule has 2 aromatic carbocycles. The Morgan fingerprint density at radius 3 is 2.38 bits per heavy atom. The molecule has 1 unspecified atom stereocenters. The van der Waals surface area contributed by atoms with E-state index in [-0.39, 0.29) is 11.9 Å². The Labute approximate surface area is 135 Å².